The zero-order valence-electron chi connectivity index (χ0n) is 29.1. The third-order valence-electron chi connectivity index (χ3n) is 11.1. The Morgan fingerprint density at radius 3 is 1.65 bits per heavy atom. The van der Waals surface area contributed by atoms with Gasteiger partial charge in [-0.05, 0) is 119 Å². The number of fused-ring (bicyclic) bond motifs is 2. The molecule has 1 fully saturated rings. The maximum Gasteiger partial charge on any atom is 0.305 e. The van der Waals surface area contributed by atoms with Crippen molar-refractivity contribution in [2.24, 2.45) is 17.8 Å². The van der Waals surface area contributed by atoms with Crippen molar-refractivity contribution in [2.45, 2.75) is 50.2 Å². The number of carbonyl (C=O) groups is 1. The van der Waals surface area contributed by atoms with Crippen molar-refractivity contribution < 1.29 is 19.0 Å². The normalized spacial score (nSPS) is 23.9. The Hall–Kier alpha value is -5.35. The van der Waals surface area contributed by atoms with Gasteiger partial charge in [0.1, 0.15) is 23.7 Å². The highest BCUT2D eigenvalue weighted by Crippen LogP contribution is 2.44. The van der Waals surface area contributed by atoms with E-state index in [1.54, 1.807) is 0 Å². The van der Waals surface area contributed by atoms with Crippen molar-refractivity contribution in [3.05, 3.63) is 180 Å². The summed E-state index contributed by atoms with van der Waals surface area (Å²) in [5, 5.41) is 0. The molecule has 0 N–H and O–H groups in total. The van der Waals surface area contributed by atoms with Gasteiger partial charge in [0.25, 0.3) is 0 Å². The van der Waals surface area contributed by atoms with Crippen LogP contribution in [0.3, 0.4) is 0 Å². The number of esters is 1. The molecule has 5 unspecified atom stereocenters. The lowest BCUT2D eigenvalue weighted by atomic mass is 9.73. The van der Waals surface area contributed by atoms with Gasteiger partial charge in [-0.25, -0.2) is 0 Å². The number of hydrogen-bond acceptors (Lipinski definition) is 4. The van der Waals surface area contributed by atoms with E-state index >= 15 is 0 Å². The molecule has 4 aliphatic rings. The molecule has 0 aromatic heterocycles. The van der Waals surface area contributed by atoms with Gasteiger partial charge in [0.2, 0.25) is 0 Å². The van der Waals surface area contributed by atoms with E-state index in [-0.39, 0.29) is 18.2 Å². The third kappa shape index (κ3) is 7.42. The van der Waals surface area contributed by atoms with Gasteiger partial charge in [0, 0.05) is 11.8 Å². The average molecular weight is 673 g/mol. The first-order valence-electron chi connectivity index (χ1n) is 18.3. The minimum Gasteiger partial charge on any atom is -0.482 e. The summed E-state index contributed by atoms with van der Waals surface area (Å²) in [7, 11) is 0. The van der Waals surface area contributed by atoms with Crippen molar-refractivity contribution >= 4 is 17.1 Å². The van der Waals surface area contributed by atoms with Crippen molar-refractivity contribution in [1.82, 2.24) is 0 Å². The Bertz CT molecular complexity index is 1870. The smallest absolute Gasteiger partial charge is 0.305 e. The summed E-state index contributed by atoms with van der Waals surface area (Å²) >= 11 is 0. The van der Waals surface area contributed by atoms with E-state index in [4.69, 9.17) is 14.2 Å². The van der Waals surface area contributed by atoms with Gasteiger partial charge in [-0.1, -0.05) is 116 Å². The van der Waals surface area contributed by atoms with Crippen LogP contribution in [0.5, 0.6) is 11.5 Å². The van der Waals surface area contributed by atoms with Crippen LogP contribution >= 0.6 is 0 Å². The first-order valence-corrected chi connectivity index (χ1v) is 18.3. The SMILES string of the molecule is CC(CCC(=O)OCC1CC2C=CC1C2)(c1ccc(OC2C=CC(c3ccccc3)=C2)cc1)c1ccc(OC2C=CC(c3ccccc3)=C2)cc1. The first kappa shape index (κ1) is 32.8. The second kappa shape index (κ2) is 14.5. The van der Waals surface area contributed by atoms with Crippen molar-refractivity contribution in [3.8, 4) is 11.5 Å². The van der Waals surface area contributed by atoms with Crippen LogP contribution < -0.4 is 9.47 Å². The summed E-state index contributed by atoms with van der Waals surface area (Å²) < 4.78 is 18.6. The zero-order chi connectivity index (χ0) is 34.6. The number of allylic oxidation sites excluding steroid dienone is 6. The molecule has 4 heteroatoms. The van der Waals surface area contributed by atoms with Crippen LogP contribution in [-0.4, -0.2) is 24.8 Å². The van der Waals surface area contributed by atoms with Crippen LogP contribution in [0.1, 0.15) is 54.9 Å². The molecule has 0 radical (unpaired) electrons. The molecular weight excluding hydrogens is 629 g/mol. The highest BCUT2D eigenvalue weighted by atomic mass is 16.5. The molecule has 4 aromatic rings. The standard InChI is InChI=1S/C47H44O4/c1-47(27-26-46(48)49-32-39-29-33-12-13-36(39)28-33,40-16-22-42(23-17-40)50-44-20-14-37(30-44)34-8-4-2-5-9-34)41-18-24-43(25-19-41)51-45-21-15-38(31-45)35-10-6-3-7-11-35/h2-25,30-31,33,36,39,44-45H,26-29,32H2,1H3. The molecular formula is C47H44O4. The van der Waals surface area contributed by atoms with Gasteiger partial charge in [-0.15, -0.1) is 0 Å². The summed E-state index contributed by atoms with van der Waals surface area (Å²) in [6.07, 6.45) is 20.4. The second-order valence-corrected chi connectivity index (χ2v) is 14.5. The lowest BCUT2D eigenvalue weighted by molar-refractivity contribution is -0.145. The lowest BCUT2D eigenvalue weighted by Crippen LogP contribution is -2.26. The molecule has 4 aromatic carbocycles. The summed E-state index contributed by atoms with van der Waals surface area (Å²) in [6.45, 7) is 2.74. The molecule has 0 spiro atoms. The molecule has 0 heterocycles. The Morgan fingerprint density at radius 1 is 0.647 bits per heavy atom. The van der Waals surface area contributed by atoms with E-state index in [9.17, 15) is 4.79 Å². The molecule has 8 rings (SSSR count). The molecule has 51 heavy (non-hydrogen) atoms. The fourth-order valence-electron chi connectivity index (χ4n) is 8.05. The van der Waals surface area contributed by atoms with E-state index in [1.807, 2.05) is 36.4 Å². The molecule has 256 valence electrons. The second-order valence-electron chi connectivity index (χ2n) is 14.5. The van der Waals surface area contributed by atoms with Crippen LogP contribution in [0, 0.1) is 17.8 Å². The molecule has 4 nitrogen and oxygen atoms in total. The van der Waals surface area contributed by atoms with Gasteiger partial charge in [0.15, 0.2) is 0 Å². The van der Waals surface area contributed by atoms with Gasteiger partial charge >= 0.3 is 5.97 Å². The molecule has 2 bridgehead atoms. The fourth-order valence-corrected chi connectivity index (χ4v) is 8.05. The van der Waals surface area contributed by atoms with Crippen molar-refractivity contribution in [3.63, 3.8) is 0 Å². The fraction of sp³-hybridized carbons (Fsp3) is 0.255. The third-order valence-corrected chi connectivity index (χ3v) is 11.1. The maximum absolute atomic E-state index is 13.2. The largest absolute Gasteiger partial charge is 0.482 e. The Kier molecular flexibility index (Phi) is 9.32. The number of rotatable bonds is 13. The summed E-state index contributed by atoms with van der Waals surface area (Å²) in [4.78, 5) is 13.2. The number of carbonyl (C=O) groups excluding carboxylic acids is 1. The van der Waals surface area contributed by atoms with Crippen LogP contribution in [0.4, 0.5) is 0 Å². The Balaban J connectivity index is 0.966. The maximum atomic E-state index is 13.2. The minimum absolute atomic E-state index is 0.126. The molecule has 0 saturated heterocycles. The van der Waals surface area contributed by atoms with Crippen LogP contribution in [0.15, 0.2) is 158 Å². The lowest BCUT2D eigenvalue weighted by Gasteiger charge is -2.31. The van der Waals surface area contributed by atoms with Gasteiger partial charge in [0.05, 0.1) is 6.61 Å². The van der Waals surface area contributed by atoms with Crippen molar-refractivity contribution in [2.75, 3.05) is 6.61 Å². The van der Waals surface area contributed by atoms with E-state index in [1.165, 1.54) is 17.5 Å². The molecule has 1 saturated carbocycles. The number of hydrogen-bond donors (Lipinski definition) is 0. The van der Waals surface area contributed by atoms with E-state index in [2.05, 4.69) is 128 Å². The number of benzene rings is 4. The molecule has 5 atom stereocenters. The summed E-state index contributed by atoms with van der Waals surface area (Å²) in [5.74, 6) is 3.16. The Labute approximate surface area is 301 Å². The minimum atomic E-state index is -0.438. The topological polar surface area (TPSA) is 44.8 Å². The predicted molar refractivity (Wildman–Crippen MR) is 204 cm³/mol. The quantitative estimate of drug-likeness (QED) is 0.105. The van der Waals surface area contributed by atoms with Gasteiger partial charge in [-0.3, -0.25) is 4.79 Å². The van der Waals surface area contributed by atoms with Crippen LogP contribution in [-0.2, 0) is 14.9 Å². The summed E-state index contributed by atoms with van der Waals surface area (Å²) in [6, 6.07) is 37.4. The molecule has 0 aliphatic heterocycles. The van der Waals surface area contributed by atoms with E-state index < -0.39 is 5.41 Å². The number of ether oxygens (including phenoxy) is 3. The van der Waals surface area contributed by atoms with Crippen LogP contribution in [0.25, 0.3) is 11.1 Å². The average Bonchev–Trinajstić information content (AvgIpc) is 4.01. The van der Waals surface area contributed by atoms with Gasteiger partial charge in [-0.2, -0.15) is 0 Å². The molecule has 0 amide bonds. The van der Waals surface area contributed by atoms with Crippen LogP contribution in [0.2, 0.25) is 0 Å². The predicted octanol–water partition coefficient (Wildman–Crippen LogP) is 10.3. The first-order chi connectivity index (χ1) is 25.0. The van der Waals surface area contributed by atoms with E-state index in [0.29, 0.717) is 37.2 Å². The summed E-state index contributed by atoms with van der Waals surface area (Å²) in [5.41, 5.74) is 6.49. The highest BCUT2D eigenvalue weighted by molar-refractivity contribution is 5.78. The highest BCUT2D eigenvalue weighted by Gasteiger charge is 2.36. The molecule has 4 aliphatic carbocycles. The van der Waals surface area contributed by atoms with E-state index in [0.717, 1.165) is 40.2 Å². The Morgan fingerprint density at radius 2 is 1.18 bits per heavy atom. The van der Waals surface area contributed by atoms with Gasteiger partial charge < -0.3 is 14.2 Å². The van der Waals surface area contributed by atoms with Crippen molar-refractivity contribution in [1.29, 1.82) is 0 Å². The monoisotopic (exact) mass is 672 g/mol. The zero-order valence-corrected chi connectivity index (χ0v) is 29.1.